The van der Waals surface area contributed by atoms with E-state index in [9.17, 15) is 9.59 Å². The molecule has 0 saturated heterocycles. The highest BCUT2D eigenvalue weighted by Crippen LogP contribution is 2.38. The third-order valence-electron chi connectivity index (χ3n) is 5.22. The summed E-state index contributed by atoms with van der Waals surface area (Å²) in [5.41, 5.74) is 16.4. The Morgan fingerprint density at radius 1 is 1.00 bits per heavy atom. The molecule has 4 rings (SSSR count). The lowest BCUT2D eigenvalue weighted by molar-refractivity contribution is 0.0960. The first-order valence-corrected chi connectivity index (χ1v) is 9.10. The number of carbonyl (C=O) groups is 2. The summed E-state index contributed by atoms with van der Waals surface area (Å²) in [4.78, 5) is 33.2. The number of rotatable bonds is 3. The zero-order valence-electron chi connectivity index (χ0n) is 15.5. The molecule has 1 atom stereocenters. The van der Waals surface area contributed by atoms with Gasteiger partial charge in [-0.2, -0.15) is 0 Å². The lowest BCUT2D eigenvalue weighted by Crippen LogP contribution is -2.23. The number of nitrogens with two attached hydrogens (primary N) is 2. The third kappa shape index (κ3) is 3.03. The minimum Gasteiger partial charge on any atom is -0.368 e. The van der Waals surface area contributed by atoms with Crippen molar-refractivity contribution in [3.8, 4) is 11.1 Å². The number of nitrogen functional groups attached to an aromatic ring is 1. The topological polar surface area (TPSA) is 112 Å². The molecule has 6 nitrogen and oxygen atoms in total. The van der Waals surface area contributed by atoms with Gasteiger partial charge in [0.25, 0.3) is 0 Å². The smallest absolute Gasteiger partial charge is 0.249 e. The number of hydrogen-bond acceptors (Lipinski definition) is 5. The Morgan fingerprint density at radius 2 is 1.68 bits per heavy atom. The van der Waals surface area contributed by atoms with Gasteiger partial charge in [0.2, 0.25) is 11.9 Å². The Morgan fingerprint density at radius 3 is 2.43 bits per heavy atom. The fraction of sp³-hybridized carbons (Fsp3) is 0.182. The van der Waals surface area contributed by atoms with E-state index in [1.165, 1.54) is 0 Å². The molecule has 3 aromatic rings. The number of fused-ring (bicyclic) bond motifs is 1. The van der Waals surface area contributed by atoms with E-state index in [1.54, 1.807) is 19.1 Å². The maximum absolute atomic E-state index is 12.8. The number of benzene rings is 2. The van der Waals surface area contributed by atoms with Crippen LogP contribution in [-0.4, -0.2) is 21.7 Å². The summed E-state index contributed by atoms with van der Waals surface area (Å²) in [6, 6.07) is 15.1. The van der Waals surface area contributed by atoms with E-state index < -0.39 is 5.91 Å². The normalized spacial score (nSPS) is 15.9. The molecule has 1 unspecified atom stereocenters. The Balaban J connectivity index is 1.83. The number of aryl methyl sites for hydroxylation is 1. The number of nitrogens with zero attached hydrogens (tertiary/aromatic N) is 2. The number of carbonyl (C=O) groups excluding carboxylic acids is 2. The summed E-state index contributed by atoms with van der Waals surface area (Å²) < 4.78 is 0. The summed E-state index contributed by atoms with van der Waals surface area (Å²) in [5, 5.41) is 0. The van der Waals surface area contributed by atoms with Crippen LogP contribution in [0, 0.1) is 6.92 Å². The standard InChI is InChI=1S/C22H20N4O2/c1-12-20-18(26-22(24)25-12)10-13(11-19(20)27)14-6-2-3-7-15(14)16-8-4-5-9-17(16)21(23)28/h2-9,13H,10-11H2,1H3,(H2,23,28)(H2,24,25,26). The summed E-state index contributed by atoms with van der Waals surface area (Å²) >= 11 is 0. The van der Waals surface area contributed by atoms with Crippen LogP contribution < -0.4 is 11.5 Å². The van der Waals surface area contributed by atoms with E-state index in [1.807, 2.05) is 36.4 Å². The molecular formula is C22H20N4O2. The number of ketones is 1. The fourth-order valence-electron chi connectivity index (χ4n) is 4.05. The predicted octanol–water partition coefficient (Wildman–Crippen LogP) is 3.05. The molecule has 28 heavy (non-hydrogen) atoms. The van der Waals surface area contributed by atoms with E-state index in [-0.39, 0.29) is 17.6 Å². The summed E-state index contributed by atoms with van der Waals surface area (Å²) in [7, 11) is 0. The molecule has 0 aliphatic heterocycles. The number of Topliss-reactive ketones (excluding diaryl/α,β-unsaturated/α-hetero) is 1. The molecule has 0 bridgehead atoms. The van der Waals surface area contributed by atoms with Gasteiger partial charge in [0.05, 0.1) is 17.0 Å². The first-order chi connectivity index (χ1) is 13.5. The van der Waals surface area contributed by atoms with E-state index in [0.717, 1.165) is 16.7 Å². The van der Waals surface area contributed by atoms with Gasteiger partial charge >= 0.3 is 0 Å². The predicted molar refractivity (Wildman–Crippen MR) is 107 cm³/mol. The molecule has 1 aromatic heterocycles. The number of hydrogen-bond donors (Lipinski definition) is 2. The van der Waals surface area contributed by atoms with E-state index in [4.69, 9.17) is 11.5 Å². The van der Waals surface area contributed by atoms with Gasteiger partial charge in [-0.15, -0.1) is 0 Å². The maximum Gasteiger partial charge on any atom is 0.249 e. The average Bonchev–Trinajstić information content (AvgIpc) is 2.67. The minimum absolute atomic E-state index is 0.0155. The Bertz CT molecular complexity index is 1110. The van der Waals surface area contributed by atoms with Crippen molar-refractivity contribution in [3.05, 3.63) is 76.6 Å². The summed E-state index contributed by atoms with van der Waals surface area (Å²) in [5.74, 6) is -0.351. The van der Waals surface area contributed by atoms with Gasteiger partial charge in [0.1, 0.15) is 0 Å². The molecule has 1 amide bonds. The van der Waals surface area contributed by atoms with Crippen molar-refractivity contribution in [1.82, 2.24) is 9.97 Å². The number of primary amides is 1. The van der Waals surface area contributed by atoms with E-state index in [0.29, 0.717) is 35.4 Å². The van der Waals surface area contributed by atoms with Gasteiger partial charge in [0, 0.05) is 12.0 Å². The van der Waals surface area contributed by atoms with Crippen LogP contribution in [0.3, 0.4) is 0 Å². The summed E-state index contributed by atoms with van der Waals surface area (Å²) in [6.45, 7) is 1.78. The van der Waals surface area contributed by atoms with Gasteiger partial charge in [-0.1, -0.05) is 42.5 Å². The van der Waals surface area contributed by atoms with E-state index in [2.05, 4.69) is 9.97 Å². The molecule has 1 aliphatic carbocycles. The highest BCUT2D eigenvalue weighted by molar-refractivity contribution is 6.01. The molecule has 1 heterocycles. The van der Waals surface area contributed by atoms with Gasteiger partial charge in [-0.3, -0.25) is 9.59 Å². The van der Waals surface area contributed by atoms with Crippen molar-refractivity contribution in [2.75, 3.05) is 5.73 Å². The van der Waals surface area contributed by atoms with Gasteiger partial charge in [-0.25, -0.2) is 9.97 Å². The second-order valence-corrected chi connectivity index (χ2v) is 7.01. The molecule has 0 fully saturated rings. The molecule has 1 aliphatic rings. The van der Waals surface area contributed by atoms with Gasteiger partial charge < -0.3 is 11.5 Å². The molecular weight excluding hydrogens is 352 g/mol. The van der Waals surface area contributed by atoms with Crippen LogP contribution in [0.5, 0.6) is 0 Å². The van der Waals surface area contributed by atoms with Crippen LogP contribution in [0.1, 0.15) is 50.0 Å². The SMILES string of the molecule is Cc1nc(N)nc2c1C(=O)CC(c1ccccc1-c1ccccc1C(N)=O)C2. The number of amides is 1. The fourth-order valence-corrected chi connectivity index (χ4v) is 4.05. The lowest BCUT2D eigenvalue weighted by atomic mass is 9.78. The molecule has 140 valence electrons. The van der Waals surface area contributed by atoms with Crippen molar-refractivity contribution in [2.24, 2.45) is 5.73 Å². The minimum atomic E-state index is -0.480. The van der Waals surface area contributed by atoms with Crippen LogP contribution in [0.25, 0.3) is 11.1 Å². The van der Waals surface area contributed by atoms with Crippen molar-refractivity contribution in [3.63, 3.8) is 0 Å². The highest BCUT2D eigenvalue weighted by atomic mass is 16.1. The molecule has 4 N–H and O–H groups in total. The zero-order valence-corrected chi connectivity index (χ0v) is 15.5. The first kappa shape index (κ1) is 17.9. The molecule has 2 aromatic carbocycles. The monoisotopic (exact) mass is 372 g/mol. The lowest BCUT2D eigenvalue weighted by Gasteiger charge is -2.26. The molecule has 6 heteroatoms. The Kier molecular flexibility index (Phi) is 4.39. The van der Waals surface area contributed by atoms with Gasteiger partial charge in [0.15, 0.2) is 5.78 Å². The van der Waals surface area contributed by atoms with Crippen LogP contribution in [0.2, 0.25) is 0 Å². The van der Waals surface area contributed by atoms with Crippen molar-refractivity contribution in [2.45, 2.75) is 25.7 Å². The van der Waals surface area contributed by atoms with Crippen molar-refractivity contribution >= 4 is 17.6 Å². The molecule has 0 saturated carbocycles. The maximum atomic E-state index is 12.8. The van der Waals surface area contributed by atoms with Crippen LogP contribution in [0.15, 0.2) is 48.5 Å². The largest absolute Gasteiger partial charge is 0.368 e. The Hall–Kier alpha value is -3.54. The summed E-state index contributed by atoms with van der Waals surface area (Å²) in [6.07, 6.45) is 0.946. The zero-order chi connectivity index (χ0) is 19.8. The van der Waals surface area contributed by atoms with Gasteiger partial charge in [-0.05, 0) is 42.0 Å². The number of anilines is 1. The van der Waals surface area contributed by atoms with Crippen LogP contribution in [0.4, 0.5) is 5.95 Å². The van der Waals surface area contributed by atoms with Crippen LogP contribution in [-0.2, 0) is 6.42 Å². The molecule has 0 radical (unpaired) electrons. The quantitative estimate of drug-likeness (QED) is 0.734. The molecule has 0 spiro atoms. The number of aromatic nitrogens is 2. The van der Waals surface area contributed by atoms with E-state index >= 15 is 0 Å². The van der Waals surface area contributed by atoms with Crippen LogP contribution >= 0.6 is 0 Å². The van der Waals surface area contributed by atoms with Crippen molar-refractivity contribution in [1.29, 1.82) is 0 Å². The average molecular weight is 372 g/mol. The third-order valence-corrected chi connectivity index (χ3v) is 5.22. The second kappa shape index (κ2) is 6.88. The first-order valence-electron chi connectivity index (χ1n) is 9.10. The van der Waals surface area contributed by atoms with Crippen molar-refractivity contribution < 1.29 is 9.59 Å². The second-order valence-electron chi connectivity index (χ2n) is 7.01. The highest BCUT2D eigenvalue weighted by Gasteiger charge is 2.31. The Labute approximate surface area is 162 Å².